The summed E-state index contributed by atoms with van der Waals surface area (Å²) in [6.07, 6.45) is 2.34. The Hall–Kier alpha value is -2.85. The van der Waals surface area contributed by atoms with Crippen molar-refractivity contribution in [3.8, 4) is 22.3 Å². The molecule has 0 saturated carbocycles. The van der Waals surface area contributed by atoms with Gasteiger partial charge in [0.25, 0.3) is 0 Å². The first-order chi connectivity index (χ1) is 13.6. The van der Waals surface area contributed by atoms with Gasteiger partial charge in [-0.2, -0.15) is 0 Å². The molecule has 1 heterocycles. The zero-order valence-electron chi connectivity index (χ0n) is 14.9. The molecule has 0 aliphatic heterocycles. The lowest BCUT2D eigenvalue weighted by Gasteiger charge is -2.17. The second kappa shape index (κ2) is 8.03. The Morgan fingerprint density at radius 3 is 1.96 bits per heavy atom. The first-order valence-electron chi connectivity index (χ1n) is 8.85. The fourth-order valence-corrected chi connectivity index (χ4v) is 3.60. The molecule has 0 fully saturated rings. The molecule has 0 saturated heterocycles. The van der Waals surface area contributed by atoms with Gasteiger partial charge in [-0.05, 0) is 62.8 Å². The van der Waals surface area contributed by atoms with Gasteiger partial charge in [-0.3, -0.25) is 0 Å². The zero-order valence-corrected chi connectivity index (χ0v) is 16.5. The third kappa shape index (κ3) is 3.73. The van der Waals surface area contributed by atoms with Gasteiger partial charge in [0.05, 0.1) is 0 Å². The second-order valence-corrected chi connectivity index (χ2v) is 7.28. The number of nitrogens with zero attached hydrogens (tertiary/aromatic N) is 1. The fourth-order valence-electron chi connectivity index (χ4n) is 3.36. The van der Waals surface area contributed by atoms with Crippen LogP contribution in [0.4, 0.5) is 8.78 Å². The summed E-state index contributed by atoms with van der Waals surface area (Å²) in [5.41, 5.74) is 4.19. The van der Waals surface area contributed by atoms with Crippen molar-refractivity contribution in [2.24, 2.45) is 0 Å². The molecule has 1 nitrogen and oxygen atoms in total. The summed E-state index contributed by atoms with van der Waals surface area (Å²) >= 11 is 3.34. The minimum Gasteiger partial charge on any atom is -0.249 e. The highest BCUT2D eigenvalue weighted by Crippen LogP contribution is 2.38. The minimum absolute atomic E-state index is 0.331. The van der Waals surface area contributed by atoms with Crippen LogP contribution in [0.5, 0.6) is 0 Å². The van der Waals surface area contributed by atoms with E-state index in [2.05, 4.69) is 20.9 Å². The third-order valence-electron chi connectivity index (χ3n) is 4.64. The van der Waals surface area contributed by atoms with Crippen LogP contribution in [0.15, 0.2) is 89.7 Å². The Balaban J connectivity index is 1.94. The van der Waals surface area contributed by atoms with Crippen LogP contribution in [-0.4, -0.2) is 4.98 Å². The van der Waals surface area contributed by atoms with Crippen molar-refractivity contribution in [3.05, 3.63) is 112 Å². The molecule has 0 radical (unpaired) electrons. The van der Waals surface area contributed by atoms with Crippen molar-refractivity contribution in [2.45, 2.75) is 6.42 Å². The van der Waals surface area contributed by atoms with E-state index in [1.54, 1.807) is 42.6 Å². The van der Waals surface area contributed by atoms with Crippen LogP contribution in [0.1, 0.15) is 11.1 Å². The molecular formula is C24H16BrF2N. The van der Waals surface area contributed by atoms with E-state index in [-0.39, 0.29) is 11.6 Å². The van der Waals surface area contributed by atoms with Crippen molar-refractivity contribution in [1.82, 2.24) is 4.98 Å². The summed E-state index contributed by atoms with van der Waals surface area (Å²) in [6, 6.07) is 22.7. The lowest BCUT2D eigenvalue weighted by molar-refractivity contribution is 0.629. The SMILES string of the molecule is Fc1ccccc1-c1cccc(Cc2ccc(Br)nc2)c1-c1ccccc1F. The molecular weight excluding hydrogens is 420 g/mol. The molecule has 0 aliphatic carbocycles. The summed E-state index contributed by atoms with van der Waals surface area (Å²) < 4.78 is 30.1. The van der Waals surface area contributed by atoms with Crippen molar-refractivity contribution >= 4 is 15.9 Å². The molecule has 4 aromatic rings. The van der Waals surface area contributed by atoms with Crippen molar-refractivity contribution < 1.29 is 8.78 Å². The highest BCUT2D eigenvalue weighted by molar-refractivity contribution is 9.10. The third-order valence-corrected chi connectivity index (χ3v) is 5.11. The molecule has 0 spiro atoms. The molecule has 0 atom stereocenters. The van der Waals surface area contributed by atoms with Crippen LogP contribution in [0, 0.1) is 11.6 Å². The Morgan fingerprint density at radius 2 is 1.32 bits per heavy atom. The molecule has 4 heteroatoms. The summed E-state index contributed by atoms with van der Waals surface area (Å²) in [5.74, 6) is -0.663. The normalized spacial score (nSPS) is 10.8. The van der Waals surface area contributed by atoms with Crippen LogP contribution in [0.25, 0.3) is 22.3 Å². The number of pyridine rings is 1. The average Bonchev–Trinajstić information content (AvgIpc) is 2.71. The fraction of sp³-hybridized carbons (Fsp3) is 0.0417. The van der Waals surface area contributed by atoms with Crippen molar-refractivity contribution in [2.75, 3.05) is 0 Å². The lowest BCUT2D eigenvalue weighted by atomic mass is 9.88. The summed E-state index contributed by atoms with van der Waals surface area (Å²) in [6.45, 7) is 0. The van der Waals surface area contributed by atoms with Gasteiger partial charge in [-0.25, -0.2) is 13.8 Å². The van der Waals surface area contributed by atoms with E-state index in [1.165, 1.54) is 12.1 Å². The van der Waals surface area contributed by atoms with E-state index in [0.717, 1.165) is 15.7 Å². The van der Waals surface area contributed by atoms with Gasteiger partial charge in [-0.1, -0.05) is 60.7 Å². The maximum atomic E-state index is 14.7. The largest absolute Gasteiger partial charge is 0.249 e. The Labute approximate surface area is 170 Å². The van der Waals surface area contributed by atoms with Gasteiger partial charge in [-0.15, -0.1) is 0 Å². The van der Waals surface area contributed by atoms with Crippen LogP contribution in [0.2, 0.25) is 0 Å². The summed E-state index contributed by atoms with van der Waals surface area (Å²) in [5, 5.41) is 0. The molecule has 1 aromatic heterocycles. The van der Waals surface area contributed by atoms with E-state index in [0.29, 0.717) is 28.7 Å². The molecule has 28 heavy (non-hydrogen) atoms. The van der Waals surface area contributed by atoms with Gasteiger partial charge < -0.3 is 0 Å². The van der Waals surface area contributed by atoms with Gasteiger partial charge in [0.15, 0.2) is 0 Å². The van der Waals surface area contributed by atoms with Crippen LogP contribution in [0.3, 0.4) is 0 Å². The summed E-state index contributed by atoms with van der Waals surface area (Å²) in [7, 11) is 0. The predicted molar refractivity (Wildman–Crippen MR) is 112 cm³/mol. The van der Waals surface area contributed by atoms with Crippen molar-refractivity contribution in [3.63, 3.8) is 0 Å². The molecule has 0 unspecified atom stereocenters. The lowest BCUT2D eigenvalue weighted by Crippen LogP contribution is -1.98. The molecule has 0 aliphatic rings. The van der Waals surface area contributed by atoms with Crippen LogP contribution in [-0.2, 0) is 6.42 Å². The Bertz CT molecular complexity index is 1120. The van der Waals surface area contributed by atoms with Gasteiger partial charge in [0.2, 0.25) is 0 Å². The highest BCUT2D eigenvalue weighted by atomic mass is 79.9. The molecule has 0 amide bonds. The van der Waals surface area contributed by atoms with E-state index >= 15 is 0 Å². The first-order valence-corrected chi connectivity index (χ1v) is 9.65. The molecule has 0 bridgehead atoms. The van der Waals surface area contributed by atoms with Crippen LogP contribution >= 0.6 is 15.9 Å². The topological polar surface area (TPSA) is 12.9 Å². The number of benzene rings is 3. The van der Waals surface area contributed by atoms with Gasteiger partial charge in [0, 0.05) is 17.3 Å². The monoisotopic (exact) mass is 435 g/mol. The van der Waals surface area contributed by atoms with Crippen molar-refractivity contribution in [1.29, 1.82) is 0 Å². The van der Waals surface area contributed by atoms with E-state index in [1.807, 2.05) is 30.3 Å². The molecule has 0 N–H and O–H groups in total. The average molecular weight is 436 g/mol. The van der Waals surface area contributed by atoms with E-state index < -0.39 is 0 Å². The number of hydrogen-bond acceptors (Lipinski definition) is 1. The second-order valence-electron chi connectivity index (χ2n) is 6.47. The maximum absolute atomic E-state index is 14.7. The van der Waals surface area contributed by atoms with Crippen LogP contribution < -0.4 is 0 Å². The predicted octanol–water partition coefficient (Wildman–Crippen LogP) is 7.05. The standard InChI is InChI=1S/C24H16BrF2N/c25-23-13-12-16(15-28-23)14-17-6-5-9-19(18-7-1-3-10-21(18)26)24(17)20-8-2-4-11-22(20)27/h1-13,15H,14H2. The molecule has 138 valence electrons. The van der Waals surface area contributed by atoms with Gasteiger partial charge in [0.1, 0.15) is 16.2 Å². The smallest absolute Gasteiger partial charge is 0.131 e. The summed E-state index contributed by atoms with van der Waals surface area (Å²) in [4.78, 5) is 4.27. The van der Waals surface area contributed by atoms with E-state index in [4.69, 9.17) is 0 Å². The Kier molecular flexibility index (Phi) is 5.31. The number of rotatable bonds is 4. The molecule has 4 rings (SSSR count). The maximum Gasteiger partial charge on any atom is 0.131 e. The zero-order chi connectivity index (χ0) is 19.5. The minimum atomic E-state index is -0.332. The number of hydrogen-bond donors (Lipinski definition) is 0. The highest BCUT2D eigenvalue weighted by Gasteiger charge is 2.17. The van der Waals surface area contributed by atoms with Gasteiger partial charge >= 0.3 is 0 Å². The quantitative estimate of drug-likeness (QED) is 0.313. The number of halogens is 3. The van der Waals surface area contributed by atoms with E-state index in [9.17, 15) is 8.78 Å². The number of aromatic nitrogens is 1. The first kappa shape index (κ1) is 18.5. The molecule has 3 aromatic carbocycles. The Morgan fingerprint density at radius 1 is 0.679 bits per heavy atom.